The van der Waals surface area contributed by atoms with Gasteiger partial charge in [-0.1, -0.05) is 47.5 Å². The van der Waals surface area contributed by atoms with E-state index in [2.05, 4.69) is 10.6 Å². The summed E-state index contributed by atoms with van der Waals surface area (Å²) < 4.78 is 30.9. The van der Waals surface area contributed by atoms with Gasteiger partial charge in [-0.2, -0.15) is 13.7 Å². The van der Waals surface area contributed by atoms with Gasteiger partial charge in [-0.15, -0.1) is 0 Å². The zero-order valence-electron chi connectivity index (χ0n) is 18.1. The van der Waals surface area contributed by atoms with Crippen molar-refractivity contribution in [1.29, 1.82) is 5.26 Å². The number of anilines is 2. The molecule has 0 saturated carbocycles. The Morgan fingerprint density at radius 2 is 1.57 bits per heavy atom. The van der Waals surface area contributed by atoms with Crippen LogP contribution in [-0.2, 0) is 19.7 Å². The number of rotatable bonds is 7. The molecule has 11 heteroatoms. The van der Waals surface area contributed by atoms with E-state index in [1.54, 1.807) is 18.2 Å². The van der Waals surface area contributed by atoms with Gasteiger partial charge in [-0.25, -0.2) is 0 Å². The number of carbonyl (C=O) groups excluding carboxylic acids is 2. The number of carbonyl (C=O) groups is 2. The Bertz CT molecular complexity index is 1440. The Balaban J connectivity index is 1.88. The van der Waals surface area contributed by atoms with Gasteiger partial charge < -0.3 is 14.8 Å². The number of halogens is 2. The summed E-state index contributed by atoms with van der Waals surface area (Å²) in [5.41, 5.74) is 0.386. The molecule has 2 N–H and O–H groups in total. The number of nitrogens with zero attached hydrogens (tertiary/aromatic N) is 1. The van der Waals surface area contributed by atoms with Gasteiger partial charge in [0.2, 0.25) is 5.91 Å². The fourth-order valence-electron chi connectivity index (χ4n) is 2.85. The van der Waals surface area contributed by atoms with E-state index in [9.17, 15) is 23.3 Å². The first-order valence-corrected chi connectivity index (χ1v) is 12.1. The van der Waals surface area contributed by atoms with Crippen LogP contribution < -0.4 is 14.8 Å². The van der Waals surface area contributed by atoms with Crippen LogP contribution in [0.15, 0.2) is 77.2 Å². The highest BCUT2D eigenvalue weighted by Gasteiger charge is 2.20. The van der Waals surface area contributed by atoms with E-state index in [1.165, 1.54) is 67.6 Å². The van der Waals surface area contributed by atoms with Crippen LogP contribution in [0.25, 0.3) is 6.08 Å². The molecule has 3 aromatic rings. The van der Waals surface area contributed by atoms with E-state index >= 15 is 0 Å². The van der Waals surface area contributed by atoms with Crippen molar-refractivity contribution in [3.8, 4) is 11.8 Å². The summed E-state index contributed by atoms with van der Waals surface area (Å²) in [7, 11) is -4.26. The molecule has 8 nitrogen and oxygen atoms in total. The minimum absolute atomic E-state index is 0.102. The van der Waals surface area contributed by atoms with E-state index in [-0.39, 0.29) is 43.4 Å². The van der Waals surface area contributed by atoms with Gasteiger partial charge in [-0.3, -0.25) is 9.59 Å². The first-order valence-electron chi connectivity index (χ1n) is 9.89. The number of hydrogen-bond donors (Lipinski definition) is 2. The fraction of sp³-hybridized carbons (Fsp3) is 0.0417. The van der Waals surface area contributed by atoms with Gasteiger partial charge in [0.25, 0.3) is 5.91 Å². The van der Waals surface area contributed by atoms with E-state index in [4.69, 9.17) is 27.4 Å². The van der Waals surface area contributed by atoms with E-state index in [0.717, 1.165) is 0 Å². The predicted molar refractivity (Wildman–Crippen MR) is 134 cm³/mol. The van der Waals surface area contributed by atoms with Crippen LogP contribution >= 0.6 is 23.2 Å². The van der Waals surface area contributed by atoms with Crippen molar-refractivity contribution in [2.75, 3.05) is 10.6 Å². The van der Waals surface area contributed by atoms with E-state index in [0.29, 0.717) is 5.69 Å². The lowest BCUT2D eigenvalue weighted by atomic mass is 10.1. The number of para-hydroxylation sites is 2. The summed E-state index contributed by atoms with van der Waals surface area (Å²) in [6.45, 7) is 1.33. The molecule has 2 amide bonds. The highest BCUT2D eigenvalue weighted by molar-refractivity contribution is 7.87. The standard InChI is InChI=1S/C24H17Cl2N3O5S/c1-15(30)28-18-9-11-19(12-10-18)35(32,33)34-22-8-3-2-5-16(22)13-17(14-27)24(31)29-23-20(25)6-4-7-21(23)26/h2-13H,1H3,(H,28,30)(H,29,31)/b17-13+. The number of nitrogens with one attached hydrogen (secondary N) is 2. The molecule has 0 fully saturated rings. The van der Waals surface area contributed by atoms with Gasteiger partial charge in [0, 0.05) is 18.2 Å². The Morgan fingerprint density at radius 1 is 0.943 bits per heavy atom. The topological polar surface area (TPSA) is 125 Å². The van der Waals surface area contributed by atoms with Crippen molar-refractivity contribution in [3.63, 3.8) is 0 Å². The average Bonchev–Trinajstić information content (AvgIpc) is 2.80. The van der Waals surface area contributed by atoms with Crippen LogP contribution in [0.4, 0.5) is 11.4 Å². The molecule has 0 aliphatic rings. The molecular formula is C24H17Cl2N3O5S. The number of hydrogen-bond acceptors (Lipinski definition) is 6. The van der Waals surface area contributed by atoms with Gasteiger partial charge in [-0.05, 0) is 48.5 Å². The third kappa shape index (κ3) is 6.61. The van der Waals surface area contributed by atoms with Crippen molar-refractivity contribution >= 4 is 62.6 Å². The quantitative estimate of drug-likeness (QED) is 0.244. The summed E-state index contributed by atoms with van der Waals surface area (Å²) in [4.78, 5) is 23.7. The van der Waals surface area contributed by atoms with Gasteiger partial charge >= 0.3 is 10.1 Å². The predicted octanol–water partition coefficient (Wildman–Crippen LogP) is 5.27. The molecule has 0 unspecified atom stereocenters. The second kappa shape index (κ2) is 11.1. The maximum absolute atomic E-state index is 12.8. The summed E-state index contributed by atoms with van der Waals surface area (Å²) in [6, 6.07) is 17.8. The van der Waals surface area contributed by atoms with Crippen LogP contribution in [0.2, 0.25) is 10.0 Å². The third-order valence-corrected chi connectivity index (χ3v) is 6.33. The largest absolute Gasteiger partial charge is 0.378 e. The second-order valence-electron chi connectivity index (χ2n) is 7.00. The van der Waals surface area contributed by atoms with Gasteiger partial charge in [0.1, 0.15) is 22.3 Å². The van der Waals surface area contributed by atoms with Crippen molar-refractivity contribution in [3.05, 3.63) is 87.9 Å². The number of amides is 2. The normalized spacial score (nSPS) is 11.3. The molecule has 0 spiro atoms. The minimum atomic E-state index is -4.26. The summed E-state index contributed by atoms with van der Waals surface area (Å²) in [5.74, 6) is -1.20. The lowest BCUT2D eigenvalue weighted by molar-refractivity contribution is -0.114. The molecule has 0 saturated heterocycles. The minimum Gasteiger partial charge on any atom is -0.378 e. The molecule has 0 aliphatic carbocycles. The molecule has 0 bridgehead atoms. The smallest absolute Gasteiger partial charge is 0.339 e. The van der Waals surface area contributed by atoms with E-state index < -0.39 is 16.0 Å². The first kappa shape index (κ1) is 25.8. The van der Waals surface area contributed by atoms with Crippen LogP contribution in [0.1, 0.15) is 12.5 Å². The molecular weight excluding hydrogens is 513 g/mol. The molecule has 0 radical (unpaired) electrons. The molecule has 35 heavy (non-hydrogen) atoms. The molecule has 3 aromatic carbocycles. The molecule has 178 valence electrons. The van der Waals surface area contributed by atoms with Crippen LogP contribution in [-0.4, -0.2) is 20.2 Å². The zero-order chi connectivity index (χ0) is 25.6. The second-order valence-corrected chi connectivity index (χ2v) is 9.36. The first-order chi connectivity index (χ1) is 16.6. The fourth-order valence-corrected chi connectivity index (χ4v) is 4.30. The molecule has 0 heterocycles. The zero-order valence-corrected chi connectivity index (χ0v) is 20.4. The Labute approximate surface area is 211 Å². The number of nitriles is 1. The van der Waals surface area contributed by atoms with Crippen LogP contribution in [0.5, 0.6) is 5.75 Å². The summed E-state index contributed by atoms with van der Waals surface area (Å²) >= 11 is 12.1. The molecule has 0 atom stereocenters. The Hall–Kier alpha value is -3.84. The van der Waals surface area contributed by atoms with E-state index in [1.807, 2.05) is 0 Å². The highest BCUT2D eigenvalue weighted by atomic mass is 35.5. The maximum atomic E-state index is 12.8. The van der Waals surface area contributed by atoms with Crippen molar-refractivity contribution < 1.29 is 22.2 Å². The Morgan fingerprint density at radius 3 is 2.17 bits per heavy atom. The van der Waals surface area contributed by atoms with Gasteiger partial charge in [0.05, 0.1) is 15.7 Å². The molecule has 0 aromatic heterocycles. The molecule has 3 rings (SSSR count). The lowest BCUT2D eigenvalue weighted by Crippen LogP contribution is -2.14. The lowest BCUT2D eigenvalue weighted by Gasteiger charge is -2.11. The third-order valence-electron chi connectivity index (χ3n) is 4.45. The van der Waals surface area contributed by atoms with Gasteiger partial charge in [0.15, 0.2) is 0 Å². The number of benzene rings is 3. The van der Waals surface area contributed by atoms with Crippen LogP contribution in [0.3, 0.4) is 0 Å². The maximum Gasteiger partial charge on any atom is 0.339 e. The summed E-state index contributed by atoms with van der Waals surface area (Å²) in [6.07, 6.45) is 1.19. The Kier molecular flexibility index (Phi) is 8.14. The molecule has 0 aliphatic heterocycles. The van der Waals surface area contributed by atoms with Crippen LogP contribution in [0, 0.1) is 11.3 Å². The van der Waals surface area contributed by atoms with Crippen molar-refractivity contribution in [1.82, 2.24) is 0 Å². The summed E-state index contributed by atoms with van der Waals surface area (Å²) in [5, 5.41) is 14.9. The van der Waals surface area contributed by atoms with Crippen molar-refractivity contribution in [2.24, 2.45) is 0 Å². The highest BCUT2D eigenvalue weighted by Crippen LogP contribution is 2.31. The average molecular weight is 530 g/mol. The SMILES string of the molecule is CC(=O)Nc1ccc(S(=O)(=O)Oc2ccccc2/C=C(\C#N)C(=O)Nc2c(Cl)cccc2Cl)cc1. The van der Waals surface area contributed by atoms with Crippen molar-refractivity contribution in [2.45, 2.75) is 11.8 Å². The monoisotopic (exact) mass is 529 g/mol.